The molecule has 1 amide bonds. The van der Waals surface area contributed by atoms with E-state index in [1.165, 1.54) is 0 Å². The lowest BCUT2D eigenvalue weighted by Gasteiger charge is -2.22. The van der Waals surface area contributed by atoms with Crippen LogP contribution in [0.4, 0.5) is 11.4 Å². The van der Waals surface area contributed by atoms with Gasteiger partial charge in [0.1, 0.15) is 0 Å². The largest absolute Gasteiger partial charge is 0.281 e. The van der Waals surface area contributed by atoms with E-state index < -0.39 is 0 Å². The van der Waals surface area contributed by atoms with Crippen LogP contribution in [0.3, 0.4) is 0 Å². The maximum Gasteiger partial charge on any atom is 0.231 e. The van der Waals surface area contributed by atoms with Crippen LogP contribution in [0.25, 0.3) is 0 Å². The number of aromatic nitrogens is 1. The number of anilines is 2. The highest BCUT2D eigenvalue weighted by atomic mass is 16.2. The van der Waals surface area contributed by atoms with E-state index in [0.29, 0.717) is 6.42 Å². The van der Waals surface area contributed by atoms with E-state index in [4.69, 9.17) is 0 Å². The first-order valence-electron chi connectivity index (χ1n) is 6.61. The van der Waals surface area contributed by atoms with Gasteiger partial charge in [0.05, 0.1) is 5.69 Å². The van der Waals surface area contributed by atoms with Crippen LogP contribution < -0.4 is 4.90 Å². The second-order valence-electron chi connectivity index (χ2n) is 4.37. The van der Waals surface area contributed by atoms with Gasteiger partial charge in [0.2, 0.25) is 5.91 Å². The fourth-order valence-electron chi connectivity index (χ4n) is 1.95. The van der Waals surface area contributed by atoms with Gasteiger partial charge in [-0.15, -0.1) is 0 Å². The van der Waals surface area contributed by atoms with E-state index >= 15 is 0 Å². The highest BCUT2D eigenvalue weighted by molar-refractivity contribution is 6.00. The summed E-state index contributed by atoms with van der Waals surface area (Å²) in [5.41, 5.74) is 1.76. The van der Waals surface area contributed by atoms with Gasteiger partial charge in [-0.2, -0.15) is 0 Å². The van der Waals surface area contributed by atoms with Crippen LogP contribution in [0.5, 0.6) is 0 Å². The molecule has 1 aromatic heterocycles. The van der Waals surface area contributed by atoms with Crippen molar-refractivity contribution in [2.24, 2.45) is 0 Å². The molecular weight excluding hydrogens is 236 g/mol. The van der Waals surface area contributed by atoms with Crippen molar-refractivity contribution in [3.05, 3.63) is 54.9 Å². The molecule has 2 rings (SSSR count). The van der Waals surface area contributed by atoms with Crippen LogP contribution in [0.2, 0.25) is 0 Å². The minimum absolute atomic E-state index is 0.124. The highest BCUT2D eigenvalue weighted by Gasteiger charge is 2.16. The summed E-state index contributed by atoms with van der Waals surface area (Å²) < 4.78 is 0. The number of rotatable bonds is 5. The molecule has 0 bridgehead atoms. The topological polar surface area (TPSA) is 33.2 Å². The van der Waals surface area contributed by atoms with Crippen LogP contribution in [-0.2, 0) is 4.79 Å². The summed E-state index contributed by atoms with van der Waals surface area (Å²) in [5, 5.41) is 0. The molecule has 0 radical (unpaired) electrons. The number of para-hydroxylation sites is 1. The van der Waals surface area contributed by atoms with E-state index in [1.807, 2.05) is 42.5 Å². The quantitative estimate of drug-likeness (QED) is 0.809. The van der Waals surface area contributed by atoms with E-state index in [0.717, 1.165) is 24.2 Å². The Bertz CT molecular complexity index is 471. The van der Waals surface area contributed by atoms with Crippen molar-refractivity contribution in [2.75, 3.05) is 4.90 Å². The van der Waals surface area contributed by atoms with Gasteiger partial charge in [-0.3, -0.25) is 14.7 Å². The average Bonchev–Trinajstić information content (AvgIpc) is 2.47. The molecule has 19 heavy (non-hydrogen) atoms. The number of nitrogens with zero attached hydrogens (tertiary/aromatic N) is 2. The number of hydrogen-bond acceptors (Lipinski definition) is 2. The van der Waals surface area contributed by atoms with Crippen molar-refractivity contribution < 1.29 is 4.79 Å². The Kier molecular flexibility index (Phi) is 4.67. The Morgan fingerprint density at radius 3 is 2.32 bits per heavy atom. The molecule has 0 atom stereocenters. The summed E-state index contributed by atoms with van der Waals surface area (Å²) >= 11 is 0. The van der Waals surface area contributed by atoms with Gasteiger partial charge >= 0.3 is 0 Å². The van der Waals surface area contributed by atoms with E-state index in [9.17, 15) is 4.79 Å². The zero-order chi connectivity index (χ0) is 13.5. The summed E-state index contributed by atoms with van der Waals surface area (Å²) in [6.07, 6.45) is 5.91. The van der Waals surface area contributed by atoms with E-state index in [-0.39, 0.29) is 5.91 Å². The molecular formula is C16H18N2O. The van der Waals surface area contributed by atoms with Crippen molar-refractivity contribution in [1.29, 1.82) is 0 Å². The summed E-state index contributed by atoms with van der Waals surface area (Å²) in [6.45, 7) is 2.09. The van der Waals surface area contributed by atoms with Gasteiger partial charge < -0.3 is 0 Å². The number of benzene rings is 1. The molecule has 0 fully saturated rings. The first-order chi connectivity index (χ1) is 9.33. The highest BCUT2D eigenvalue weighted by Crippen LogP contribution is 2.25. The van der Waals surface area contributed by atoms with Crippen molar-refractivity contribution in [3.8, 4) is 0 Å². The number of pyridine rings is 1. The number of carbonyl (C=O) groups excluding carboxylic acids is 1. The van der Waals surface area contributed by atoms with Crippen LogP contribution in [0.1, 0.15) is 26.2 Å². The zero-order valence-electron chi connectivity index (χ0n) is 11.1. The standard InChI is InChI=1S/C16H18N2O/c1-2-3-9-16(19)18(14-7-5-4-6-8-14)15-10-12-17-13-11-15/h4-8,10-13H,2-3,9H2,1H3. The first kappa shape index (κ1) is 13.3. The second-order valence-corrected chi connectivity index (χ2v) is 4.37. The normalized spacial score (nSPS) is 10.2. The van der Waals surface area contributed by atoms with Gasteiger partial charge in [0.25, 0.3) is 0 Å². The predicted molar refractivity (Wildman–Crippen MR) is 77.4 cm³/mol. The number of carbonyl (C=O) groups is 1. The lowest BCUT2D eigenvalue weighted by molar-refractivity contribution is -0.118. The molecule has 0 saturated heterocycles. The fraction of sp³-hybridized carbons (Fsp3) is 0.250. The zero-order valence-corrected chi connectivity index (χ0v) is 11.1. The van der Waals surface area contributed by atoms with E-state index in [1.54, 1.807) is 17.3 Å². The molecule has 98 valence electrons. The minimum atomic E-state index is 0.124. The molecule has 1 heterocycles. The van der Waals surface area contributed by atoms with Gasteiger partial charge in [-0.25, -0.2) is 0 Å². The lowest BCUT2D eigenvalue weighted by Crippen LogP contribution is -2.25. The Morgan fingerprint density at radius 2 is 1.68 bits per heavy atom. The third-order valence-electron chi connectivity index (χ3n) is 2.93. The minimum Gasteiger partial charge on any atom is -0.281 e. The SMILES string of the molecule is CCCCC(=O)N(c1ccccc1)c1ccncc1. The Morgan fingerprint density at radius 1 is 1.05 bits per heavy atom. The van der Waals surface area contributed by atoms with Crippen LogP contribution in [-0.4, -0.2) is 10.9 Å². The average molecular weight is 254 g/mol. The molecule has 1 aromatic carbocycles. The summed E-state index contributed by atoms with van der Waals surface area (Å²) in [6, 6.07) is 13.4. The van der Waals surface area contributed by atoms with Crippen LogP contribution in [0, 0.1) is 0 Å². The maximum absolute atomic E-state index is 12.4. The third-order valence-corrected chi connectivity index (χ3v) is 2.93. The predicted octanol–water partition coefficient (Wildman–Crippen LogP) is 3.94. The summed E-state index contributed by atoms with van der Waals surface area (Å²) in [4.78, 5) is 18.2. The number of unbranched alkanes of at least 4 members (excludes halogenated alkanes) is 1. The molecule has 0 aliphatic heterocycles. The van der Waals surface area contributed by atoms with Gasteiger partial charge in [-0.1, -0.05) is 31.5 Å². The third kappa shape index (κ3) is 3.41. The van der Waals surface area contributed by atoms with Crippen molar-refractivity contribution in [1.82, 2.24) is 4.98 Å². The Balaban J connectivity index is 2.31. The molecule has 0 unspecified atom stereocenters. The van der Waals surface area contributed by atoms with Crippen LogP contribution >= 0.6 is 0 Å². The first-order valence-corrected chi connectivity index (χ1v) is 6.61. The Labute approximate surface area is 113 Å². The second kappa shape index (κ2) is 6.69. The molecule has 0 N–H and O–H groups in total. The van der Waals surface area contributed by atoms with Crippen LogP contribution in [0.15, 0.2) is 54.9 Å². The smallest absolute Gasteiger partial charge is 0.231 e. The molecule has 3 heteroatoms. The Hall–Kier alpha value is -2.16. The number of amides is 1. The fourth-order valence-corrected chi connectivity index (χ4v) is 1.95. The maximum atomic E-state index is 12.4. The van der Waals surface area contributed by atoms with E-state index in [2.05, 4.69) is 11.9 Å². The molecule has 0 aliphatic carbocycles. The molecule has 3 nitrogen and oxygen atoms in total. The molecule has 2 aromatic rings. The van der Waals surface area contributed by atoms with Gasteiger partial charge in [-0.05, 0) is 30.7 Å². The number of hydrogen-bond donors (Lipinski definition) is 0. The van der Waals surface area contributed by atoms with Crippen molar-refractivity contribution in [2.45, 2.75) is 26.2 Å². The van der Waals surface area contributed by atoms with Gasteiger partial charge in [0.15, 0.2) is 0 Å². The molecule has 0 spiro atoms. The van der Waals surface area contributed by atoms with Crippen molar-refractivity contribution >= 4 is 17.3 Å². The summed E-state index contributed by atoms with van der Waals surface area (Å²) in [7, 11) is 0. The molecule has 0 aliphatic rings. The molecule has 0 saturated carbocycles. The summed E-state index contributed by atoms with van der Waals surface area (Å²) in [5.74, 6) is 0.124. The van der Waals surface area contributed by atoms with Gasteiger partial charge in [0, 0.05) is 24.5 Å². The van der Waals surface area contributed by atoms with Crippen molar-refractivity contribution in [3.63, 3.8) is 0 Å². The monoisotopic (exact) mass is 254 g/mol. The lowest BCUT2D eigenvalue weighted by atomic mass is 10.2.